The number of carboxylic acid groups (broad SMARTS) is 1. The minimum absolute atomic E-state index is 0.0546. The third kappa shape index (κ3) is 5.89. The van der Waals surface area contributed by atoms with Crippen molar-refractivity contribution in [2.75, 3.05) is 0 Å². The van der Waals surface area contributed by atoms with E-state index in [4.69, 9.17) is 10.8 Å². The summed E-state index contributed by atoms with van der Waals surface area (Å²) in [7, 11) is 0. The molecule has 5 N–H and O–H groups in total. The number of hydrogen-bond donors (Lipinski definition) is 4. The average molecular weight is 398 g/mol. The van der Waals surface area contributed by atoms with Gasteiger partial charge in [0, 0.05) is 12.0 Å². The molecule has 2 aromatic carbocycles. The van der Waals surface area contributed by atoms with Crippen LogP contribution in [0.4, 0.5) is 0 Å². The van der Waals surface area contributed by atoms with Gasteiger partial charge in [-0.2, -0.15) is 0 Å². The third-order valence-corrected chi connectivity index (χ3v) is 6.02. The quantitative estimate of drug-likeness (QED) is 0.512. The zero-order chi connectivity index (χ0) is 20.8. The van der Waals surface area contributed by atoms with Crippen molar-refractivity contribution in [2.24, 2.45) is 17.6 Å². The summed E-state index contributed by atoms with van der Waals surface area (Å²) in [6.07, 6.45) is 4.12. The van der Waals surface area contributed by atoms with Gasteiger partial charge < -0.3 is 21.1 Å². The van der Waals surface area contributed by atoms with E-state index >= 15 is 0 Å². The summed E-state index contributed by atoms with van der Waals surface area (Å²) in [6.45, 7) is 0. The Bertz CT molecular complexity index is 820. The first-order valence-electron chi connectivity index (χ1n) is 10.4. The normalized spacial score (nSPS) is 20.6. The minimum atomic E-state index is -1.25. The number of aliphatic hydroxyl groups is 2. The monoisotopic (exact) mass is 397 g/mol. The highest BCUT2D eigenvalue weighted by molar-refractivity contribution is 5.69. The van der Waals surface area contributed by atoms with Crippen molar-refractivity contribution in [2.45, 2.75) is 57.3 Å². The van der Waals surface area contributed by atoms with Crippen molar-refractivity contribution in [3.63, 3.8) is 0 Å². The first-order valence-corrected chi connectivity index (χ1v) is 10.4. The maximum Gasteiger partial charge on any atom is 0.304 e. The SMILES string of the molecule is NC(CC(=O)O)Cc1ccccc1-c1cccc(CC2CCCCC2C(O)O)c1. The van der Waals surface area contributed by atoms with Gasteiger partial charge in [-0.1, -0.05) is 61.4 Å². The molecule has 0 aromatic heterocycles. The van der Waals surface area contributed by atoms with E-state index in [0.717, 1.165) is 48.8 Å². The van der Waals surface area contributed by atoms with Crippen LogP contribution < -0.4 is 5.73 Å². The molecule has 1 fully saturated rings. The molecule has 0 aliphatic heterocycles. The Morgan fingerprint density at radius 1 is 1.07 bits per heavy atom. The Morgan fingerprint density at radius 3 is 2.59 bits per heavy atom. The fourth-order valence-corrected chi connectivity index (χ4v) is 4.61. The maximum absolute atomic E-state index is 10.9. The van der Waals surface area contributed by atoms with Gasteiger partial charge in [-0.3, -0.25) is 4.79 Å². The summed E-state index contributed by atoms with van der Waals surface area (Å²) in [6, 6.07) is 15.9. The van der Waals surface area contributed by atoms with Crippen molar-refractivity contribution >= 4 is 5.97 Å². The molecule has 3 unspecified atom stereocenters. The van der Waals surface area contributed by atoms with Crippen molar-refractivity contribution in [1.82, 2.24) is 0 Å². The smallest absolute Gasteiger partial charge is 0.304 e. The maximum atomic E-state index is 10.9. The van der Waals surface area contributed by atoms with Gasteiger partial charge in [-0.05, 0) is 53.9 Å². The van der Waals surface area contributed by atoms with Gasteiger partial charge in [-0.15, -0.1) is 0 Å². The second-order valence-electron chi connectivity index (χ2n) is 8.25. The fourth-order valence-electron chi connectivity index (χ4n) is 4.61. The summed E-state index contributed by atoms with van der Waals surface area (Å²) < 4.78 is 0. The van der Waals surface area contributed by atoms with Crippen molar-refractivity contribution in [3.8, 4) is 11.1 Å². The zero-order valence-electron chi connectivity index (χ0n) is 16.7. The molecule has 5 nitrogen and oxygen atoms in total. The van der Waals surface area contributed by atoms with Crippen molar-refractivity contribution in [3.05, 3.63) is 59.7 Å². The molecular formula is C24H31NO4. The molecule has 29 heavy (non-hydrogen) atoms. The van der Waals surface area contributed by atoms with Crippen LogP contribution in [0.3, 0.4) is 0 Å². The van der Waals surface area contributed by atoms with Crippen molar-refractivity contribution < 1.29 is 20.1 Å². The van der Waals surface area contributed by atoms with E-state index in [-0.39, 0.29) is 18.3 Å². The first kappa shape index (κ1) is 21.5. The number of benzene rings is 2. The molecule has 5 heteroatoms. The molecule has 0 spiro atoms. The summed E-state index contributed by atoms with van der Waals surface area (Å²) in [5.74, 6) is -0.669. The van der Waals surface area contributed by atoms with Gasteiger partial charge in [-0.25, -0.2) is 0 Å². The van der Waals surface area contributed by atoms with Crippen LogP contribution in [0.1, 0.15) is 43.2 Å². The summed E-state index contributed by atoms with van der Waals surface area (Å²) >= 11 is 0. The Kier molecular flexibility index (Phi) is 7.42. The fraction of sp³-hybridized carbons (Fsp3) is 0.458. The van der Waals surface area contributed by atoms with Gasteiger partial charge in [0.1, 0.15) is 0 Å². The second kappa shape index (κ2) is 10.0. The lowest BCUT2D eigenvalue weighted by atomic mass is 9.75. The summed E-state index contributed by atoms with van der Waals surface area (Å²) in [5, 5.41) is 28.5. The number of aliphatic hydroxyl groups excluding tert-OH is 1. The van der Waals surface area contributed by atoms with Gasteiger partial charge in [0.05, 0.1) is 6.42 Å². The Morgan fingerprint density at radius 2 is 1.83 bits per heavy atom. The number of nitrogens with two attached hydrogens (primary N) is 1. The molecule has 0 radical (unpaired) electrons. The highest BCUT2D eigenvalue weighted by atomic mass is 16.5. The van der Waals surface area contributed by atoms with Crippen LogP contribution in [-0.2, 0) is 17.6 Å². The third-order valence-electron chi connectivity index (χ3n) is 6.02. The molecule has 1 aliphatic rings. The number of rotatable bonds is 8. The molecule has 0 bridgehead atoms. The summed E-state index contributed by atoms with van der Waals surface area (Å²) in [4.78, 5) is 10.9. The predicted octanol–water partition coefficient (Wildman–Crippen LogP) is 3.36. The van der Waals surface area contributed by atoms with E-state index in [0.29, 0.717) is 6.42 Å². The topological polar surface area (TPSA) is 104 Å². The van der Waals surface area contributed by atoms with Crippen LogP contribution in [0.25, 0.3) is 11.1 Å². The lowest BCUT2D eigenvalue weighted by molar-refractivity contribution is -0.137. The minimum Gasteiger partial charge on any atom is -0.481 e. The molecule has 3 rings (SSSR count). The highest BCUT2D eigenvalue weighted by Crippen LogP contribution is 2.35. The molecule has 1 saturated carbocycles. The van der Waals surface area contributed by atoms with E-state index in [1.165, 1.54) is 5.56 Å². The van der Waals surface area contributed by atoms with E-state index in [9.17, 15) is 15.0 Å². The number of carboxylic acids is 1. The van der Waals surface area contributed by atoms with E-state index in [1.807, 2.05) is 30.3 Å². The summed E-state index contributed by atoms with van der Waals surface area (Å²) in [5.41, 5.74) is 10.4. The number of carbonyl (C=O) groups is 1. The van der Waals surface area contributed by atoms with Crippen LogP contribution in [0.5, 0.6) is 0 Å². The van der Waals surface area contributed by atoms with Crippen LogP contribution in [-0.4, -0.2) is 33.6 Å². The van der Waals surface area contributed by atoms with Gasteiger partial charge in [0.15, 0.2) is 6.29 Å². The molecule has 1 aliphatic carbocycles. The molecule has 2 aromatic rings. The van der Waals surface area contributed by atoms with E-state index in [2.05, 4.69) is 18.2 Å². The van der Waals surface area contributed by atoms with Crippen LogP contribution in [0, 0.1) is 11.8 Å². The van der Waals surface area contributed by atoms with Crippen LogP contribution in [0.15, 0.2) is 48.5 Å². The number of aliphatic carboxylic acids is 1. The van der Waals surface area contributed by atoms with E-state index < -0.39 is 18.3 Å². The zero-order valence-corrected chi connectivity index (χ0v) is 16.7. The molecule has 3 atom stereocenters. The van der Waals surface area contributed by atoms with E-state index in [1.54, 1.807) is 0 Å². The Labute approximate surface area is 172 Å². The Balaban J connectivity index is 1.80. The molecule has 156 valence electrons. The Hall–Kier alpha value is -2.21. The molecule has 0 amide bonds. The largest absolute Gasteiger partial charge is 0.481 e. The lowest BCUT2D eigenvalue weighted by Crippen LogP contribution is -2.31. The van der Waals surface area contributed by atoms with Gasteiger partial charge in [0.2, 0.25) is 0 Å². The van der Waals surface area contributed by atoms with Gasteiger partial charge >= 0.3 is 5.97 Å². The predicted molar refractivity (Wildman–Crippen MR) is 113 cm³/mol. The standard InChI is InChI=1S/C24H31NO4/c25-20(15-23(26)27)14-19-8-1-3-10-21(19)17-9-5-6-16(12-17)13-18-7-2-4-11-22(18)24(28)29/h1,3,5-6,8-10,12,18,20,22,24,28-29H,2,4,7,11,13-15,25H2,(H,26,27). The highest BCUT2D eigenvalue weighted by Gasteiger charge is 2.29. The second-order valence-corrected chi connectivity index (χ2v) is 8.25. The number of hydrogen-bond acceptors (Lipinski definition) is 4. The average Bonchev–Trinajstić information content (AvgIpc) is 2.68. The molecular weight excluding hydrogens is 366 g/mol. The molecule has 0 saturated heterocycles. The lowest BCUT2D eigenvalue weighted by Gasteiger charge is -2.32. The van der Waals surface area contributed by atoms with Gasteiger partial charge in [0.25, 0.3) is 0 Å². The molecule has 0 heterocycles. The van der Waals surface area contributed by atoms with Crippen molar-refractivity contribution in [1.29, 1.82) is 0 Å². The first-order chi connectivity index (χ1) is 13.9. The van der Waals surface area contributed by atoms with Crippen LogP contribution >= 0.6 is 0 Å². The van der Waals surface area contributed by atoms with Crippen LogP contribution in [0.2, 0.25) is 0 Å².